The number of alkyl halides is 1. The Morgan fingerprint density at radius 3 is 1.85 bits per heavy atom. The predicted octanol–water partition coefficient (Wildman–Crippen LogP) is 5.85. The molecule has 1 aliphatic rings. The van der Waals surface area contributed by atoms with Gasteiger partial charge in [-0.05, 0) is 24.0 Å². The lowest BCUT2D eigenvalue weighted by Gasteiger charge is -2.43. The zero-order chi connectivity index (χ0) is 24.0. The molecule has 3 rings (SSSR count). The predicted molar refractivity (Wildman–Crippen MR) is 130 cm³/mol. The van der Waals surface area contributed by atoms with Gasteiger partial charge in [-0.15, -0.1) is 0 Å². The fraction of sp³-hybridized carbons (Fsp3) is 0.571. The van der Waals surface area contributed by atoms with Crippen LogP contribution in [0, 0.1) is 0 Å². The first-order valence-corrected chi connectivity index (χ1v) is 12.5. The topological polar surface area (TPSA) is 46.2 Å². The van der Waals surface area contributed by atoms with Crippen LogP contribution in [0.15, 0.2) is 60.7 Å². The van der Waals surface area contributed by atoms with Gasteiger partial charge in [-0.2, -0.15) is 0 Å². The molecule has 0 spiro atoms. The largest absolute Gasteiger partial charge is 0.374 e. The quantitative estimate of drug-likeness (QED) is 0.303. The Bertz CT molecular complexity index is 775. The van der Waals surface area contributed by atoms with Crippen molar-refractivity contribution in [3.63, 3.8) is 0 Å². The second-order valence-electron chi connectivity index (χ2n) is 8.67. The van der Waals surface area contributed by atoms with Gasteiger partial charge >= 0.3 is 0 Å². The third-order valence-electron chi connectivity index (χ3n) is 5.87. The number of unbranched alkanes of at least 4 members (excludes halogenated alkanes) is 2. The van der Waals surface area contributed by atoms with Crippen molar-refractivity contribution in [3.8, 4) is 0 Å². The minimum absolute atomic E-state index is 0.213. The minimum Gasteiger partial charge on any atom is -0.374 e. The van der Waals surface area contributed by atoms with E-state index in [0.29, 0.717) is 19.8 Å². The van der Waals surface area contributed by atoms with Crippen LogP contribution < -0.4 is 0 Å². The lowest BCUT2D eigenvalue weighted by molar-refractivity contribution is -0.295. The highest BCUT2D eigenvalue weighted by molar-refractivity contribution is 5.14. The summed E-state index contributed by atoms with van der Waals surface area (Å²) < 4.78 is 45.5. The van der Waals surface area contributed by atoms with E-state index in [1.54, 1.807) is 0 Å². The Morgan fingerprint density at radius 1 is 0.706 bits per heavy atom. The number of ether oxygens (including phenoxy) is 5. The van der Waals surface area contributed by atoms with E-state index < -0.39 is 30.8 Å². The van der Waals surface area contributed by atoms with Crippen LogP contribution in [0.25, 0.3) is 0 Å². The van der Waals surface area contributed by atoms with E-state index in [1.807, 2.05) is 60.7 Å². The molecule has 0 aliphatic carbocycles. The molecule has 0 amide bonds. The van der Waals surface area contributed by atoms with Crippen molar-refractivity contribution >= 4 is 0 Å². The molecule has 0 N–H and O–H groups in total. The van der Waals surface area contributed by atoms with Gasteiger partial charge in [0.1, 0.15) is 24.4 Å². The Balaban J connectivity index is 1.70. The summed E-state index contributed by atoms with van der Waals surface area (Å²) in [5.41, 5.74) is 2.03. The first kappa shape index (κ1) is 26.8. The molecule has 2 aromatic rings. The fourth-order valence-electron chi connectivity index (χ4n) is 3.93. The third kappa shape index (κ3) is 8.43. The van der Waals surface area contributed by atoms with E-state index in [9.17, 15) is 0 Å². The standard InChI is InChI=1S/C28H39FO5/c1-3-5-17-31-25-24(21-30-19-22-13-9-7-10-14-22)34-28(29)27(26(25)32-18-6-4-2)33-20-23-15-11-8-12-16-23/h7-16,24-28H,3-6,17-21H2,1-2H3. The first-order chi connectivity index (χ1) is 16.7. The highest BCUT2D eigenvalue weighted by atomic mass is 19.1. The van der Waals surface area contributed by atoms with Gasteiger partial charge in [-0.25, -0.2) is 4.39 Å². The average Bonchev–Trinajstić information content (AvgIpc) is 2.86. The maximum absolute atomic E-state index is 15.3. The highest BCUT2D eigenvalue weighted by Gasteiger charge is 2.48. The molecular formula is C28H39FO5. The maximum atomic E-state index is 15.3. The second kappa shape index (κ2) is 15.2. The van der Waals surface area contributed by atoms with Crippen LogP contribution in [-0.4, -0.2) is 50.6 Å². The number of halogens is 1. The van der Waals surface area contributed by atoms with Gasteiger partial charge in [-0.1, -0.05) is 87.4 Å². The van der Waals surface area contributed by atoms with E-state index in [2.05, 4.69) is 13.8 Å². The number of rotatable bonds is 15. The summed E-state index contributed by atoms with van der Waals surface area (Å²) in [6, 6.07) is 19.6. The summed E-state index contributed by atoms with van der Waals surface area (Å²) in [5.74, 6) is 0. The zero-order valence-corrected chi connectivity index (χ0v) is 20.4. The van der Waals surface area contributed by atoms with Crippen molar-refractivity contribution in [2.24, 2.45) is 0 Å². The van der Waals surface area contributed by atoms with Crippen LogP contribution in [-0.2, 0) is 36.9 Å². The molecule has 1 heterocycles. The van der Waals surface area contributed by atoms with Crippen molar-refractivity contribution in [1.29, 1.82) is 0 Å². The minimum atomic E-state index is -1.63. The summed E-state index contributed by atoms with van der Waals surface area (Å²) in [7, 11) is 0. The number of benzene rings is 2. The lowest BCUT2D eigenvalue weighted by Crippen LogP contribution is -2.60. The van der Waals surface area contributed by atoms with E-state index in [1.165, 1.54) is 0 Å². The summed E-state index contributed by atoms with van der Waals surface area (Å²) in [6.45, 7) is 6.20. The van der Waals surface area contributed by atoms with Crippen molar-refractivity contribution in [1.82, 2.24) is 0 Å². The van der Waals surface area contributed by atoms with Gasteiger partial charge in [0.2, 0.25) is 6.36 Å². The molecular weight excluding hydrogens is 435 g/mol. The van der Waals surface area contributed by atoms with E-state index in [4.69, 9.17) is 23.7 Å². The van der Waals surface area contributed by atoms with Gasteiger partial charge in [0.15, 0.2) is 0 Å². The van der Waals surface area contributed by atoms with Crippen LogP contribution in [0.3, 0.4) is 0 Å². The molecule has 5 unspecified atom stereocenters. The Hall–Kier alpha value is -1.83. The van der Waals surface area contributed by atoms with Crippen LogP contribution in [0.2, 0.25) is 0 Å². The van der Waals surface area contributed by atoms with Gasteiger partial charge < -0.3 is 23.7 Å². The SMILES string of the molecule is CCCCOC1C(COCc2ccccc2)OC(F)C(OCc2ccccc2)C1OCCCC. The Labute approximate surface area is 203 Å². The molecule has 188 valence electrons. The summed E-state index contributed by atoms with van der Waals surface area (Å²) in [5, 5.41) is 0. The van der Waals surface area contributed by atoms with E-state index >= 15 is 4.39 Å². The monoisotopic (exact) mass is 474 g/mol. The van der Waals surface area contributed by atoms with Gasteiger partial charge in [0.25, 0.3) is 0 Å². The third-order valence-corrected chi connectivity index (χ3v) is 5.87. The van der Waals surface area contributed by atoms with Crippen LogP contribution >= 0.6 is 0 Å². The molecule has 1 fully saturated rings. The Morgan fingerprint density at radius 2 is 1.26 bits per heavy atom. The molecule has 2 aromatic carbocycles. The smallest absolute Gasteiger partial charge is 0.228 e. The fourth-order valence-corrected chi connectivity index (χ4v) is 3.93. The maximum Gasteiger partial charge on any atom is 0.228 e. The number of hydrogen-bond donors (Lipinski definition) is 0. The van der Waals surface area contributed by atoms with Crippen LogP contribution in [0.1, 0.15) is 50.7 Å². The summed E-state index contributed by atoms with van der Waals surface area (Å²) >= 11 is 0. The molecule has 0 radical (unpaired) electrons. The molecule has 1 saturated heterocycles. The van der Waals surface area contributed by atoms with Crippen molar-refractivity contribution in [2.75, 3.05) is 19.8 Å². The van der Waals surface area contributed by atoms with Crippen molar-refractivity contribution in [2.45, 2.75) is 83.5 Å². The van der Waals surface area contributed by atoms with E-state index in [-0.39, 0.29) is 13.2 Å². The van der Waals surface area contributed by atoms with Gasteiger partial charge in [0, 0.05) is 13.2 Å². The molecule has 34 heavy (non-hydrogen) atoms. The van der Waals surface area contributed by atoms with Crippen LogP contribution in [0.5, 0.6) is 0 Å². The second-order valence-corrected chi connectivity index (χ2v) is 8.67. The average molecular weight is 475 g/mol. The number of hydrogen-bond acceptors (Lipinski definition) is 5. The van der Waals surface area contributed by atoms with Crippen LogP contribution in [0.4, 0.5) is 4.39 Å². The molecule has 0 saturated carbocycles. The zero-order valence-electron chi connectivity index (χ0n) is 20.4. The van der Waals surface area contributed by atoms with Gasteiger partial charge in [-0.3, -0.25) is 0 Å². The summed E-state index contributed by atoms with van der Waals surface area (Å²) in [4.78, 5) is 0. The highest BCUT2D eigenvalue weighted by Crippen LogP contribution is 2.30. The molecule has 6 heteroatoms. The van der Waals surface area contributed by atoms with E-state index in [0.717, 1.165) is 36.8 Å². The van der Waals surface area contributed by atoms with Gasteiger partial charge in [0.05, 0.1) is 19.8 Å². The molecule has 0 aromatic heterocycles. The normalized spacial score (nSPS) is 24.9. The van der Waals surface area contributed by atoms with Crippen molar-refractivity contribution in [3.05, 3.63) is 71.8 Å². The molecule has 5 nitrogen and oxygen atoms in total. The summed E-state index contributed by atoms with van der Waals surface area (Å²) in [6.07, 6.45) is -0.374. The molecule has 1 aliphatic heterocycles. The first-order valence-electron chi connectivity index (χ1n) is 12.5. The van der Waals surface area contributed by atoms with Crippen molar-refractivity contribution < 1.29 is 28.1 Å². The lowest BCUT2D eigenvalue weighted by atomic mass is 9.98. The molecule has 5 atom stereocenters. The Kier molecular flexibility index (Phi) is 12.0. The molecule has 0 bridgehead atoms.